The van der Waals surface area contributed by atoms with Gasteiger partial charge in [0, 0.05) is 11.9 Å². The van der Waals surface area contributed by atoms with Gasteiger partial charge >= 0.3 is 0 Å². The zero-order valence-corrected chi connectivity index (χ0v) is 9.82. The van der Waals surface area contributed by atoms with Crippen molar-refractivity contribution in [1.29, 1.82) is 0 Å². The van der Waals surface area contributed by atoms with Gasteiger partial charge in [-0.2, -0.15) is 12.6 Å². The van der Waals surface area contributed by atoms with Gasteiger partial charge in [0.2, 0.25) is 5.12 Å². The molecule has 0 aliphatic carbocycles. The molecule has 0 aliphatic rings. The van der Waals surface area contributed by atoms with E-state index in [0.717, 1.165) is 15.8 Å². The molecule has 1 aromatic rings. The Morgan fingerprint density at radius 3 is 3.00 bits per heavy atom. The van der Waals surface area contributed by atoms with Crippen LogP contribution in [0.2, 0.25) is 0 Å². The SMILES string of the molecule is NC(CS)C(=O)SSc1ccccn1. The quantitative estimate of drug-likeness (QED) is 0.624. The number of nitrogens with zero attached hydrogens (tertiary/aromatic N) is 1. The molecule has 2 N–H and O–H groups in total. The molecular formula is C8H10N2OS3. The van der Waals surface area contributed by atoms with E-state index in [0.29, 0.717) is 5.75 Å². The highest BCUT2D eigenvalue weighted by Gasteiger charge is 2.12. The van der Waals surface area contributed by atoms with Crippen LogP contribution < -0.4 is 5.73 Å². The minimum absolute atomic E-state index is 0.0735. The Balaban J connectivity index is 2.38. The van der Waals surface area contributed by atoms with Crippen LogP contribution in [-0.2, 0) is 4.79 Å². The zero-order valence-electron chi connectivity index (χ0n) is 7.29. The van der Waals surface area contributed by atoms with E-state index in [1.807, 2.05) is 18.2 Å². The molecule has 0 radical (unpaired) electrons. The molecule has 0 aromatic carbocycles. The maximum atomic E-state index is 11.3. The molecule has 0 saturated carbocycles. The normalized spacial score (nSPS) is 12.4. The standard InChI is InChI=1S/C8H10N2OS3/c9-6(5-12)8(11)14-13-7-3-1-2-4-10-7/h1-4,6,12H,5,9H2. The summed E-state index contributed by atoms with van der Waals surface area (Å²) in [5.41, 5.74) is 5.50. The number of rotatable bonds is 4. The number of hydrogen-bond donors (Lipinski definition) is 2. The first-order valence-electron chi connectivity index (χ1n) is 3.90. The van der Waals surface area contributed by atoms with E-state index in [-0.39, 0.29) is 5.12 Å². The first kappa shape index (κ1) is 11.9. The number of aromatic nitrogens is 1. The average Bonchev–Trinajstić information content (AvgIpc) is 2.26. The van der Waals surface area contributed by atoms with Gasteiger partial charge in [0.1, 0.15) is 5.03 Å². The lowest BCUT2D eigenvalue weighted by molar-refractivity contribution is -0.111. The van der Waals surface area contributed by atoms with Gasteiger partial charge < -0.3 is 5.73 Å². The van der Waals surface area contributed by atoms with Crippen LogP contribution in [0.3, 0.4) is 0 Å². The van der Waals surface area contributed by atoms with Crippen molar-refractivity contribution < 1.29 is 4.79 Å². The molecule has 1 unspecified atom stereocenters. The second-order valence-electron chi connectivity index (χ2n) is 2.44. The van der Waals surface area contributed by atoms with Crippen molar-refractivity contribution >= 4 is 39.3 Å². The number of nitrogens with two attached hydrogens (primary N) is 1. The predicted molar refractivity (Wildman–Crippen MR) is 64.5 cm³/mol. The Morgan fingerprint density at radius 2 is 2.43 bits per heavy atom. The van der Waals surface area contributed by atoms with Crippen LogP contribution in [0, 0.1) is 0 Å². The van der Waals surface area contributed by atoms with Crippen molar-refractivity contribution in [2.24, 2.45) is 5.73 Å². The molecule has 1 rings (SSSR count). The van der Waals surface area contributed by atoms with E-state index in [1.54, 1.807) is 6.20 Å². The summed E-state index contributed by atoms with van der Waals surface area (Å²) in [7, 11) is 2.42. The summed E-state index contributed by atoms with van der Waals surface area (Å²) in [5, 5.41) is 0.730. The van der Waals surface area contributed by atoms with Crippen molar-refractivity contribution in [2.45, 2.75) is 11.1 Å². The molecule has 0 aliphatic heterocycles. The number of carbonyl (C=O) groups excluding carboxylic acids is 1. The van der Waals surface area contributed by atoms with Gasteiger partial charge in [0.25, 0.3) is 0 Å². The van der Waals surface area contributed by atoms with Gasteiger partial charge in [-0.25, -0.2) is 4.98 Å². The molecule has 6 heteroatoms. The van der Waals surface area contributed by atoms with Gasteiger partial charge in [-0.1, -0.05) is 6.07 Å². The zero-order chi connectivity index (χ0) is 10.4. The predicted octanol–water partition coefficient (Wildman–Crippen LogP) is 1.61. The van der Waals surface area contributed by atoms with Crippen molar-refractivity contribution in [1.82, 2.24) is 4.98 Å². The molecular weight excluding hydrogens is 236 g/mol. The number of pyridine rings is 1. The lowest BCUT2D eigenvalue weighted by Crippen LogP contribution is -2.29. The van der Waals surface area contributed by atoms with Crippen molar-refractivity contribution in [2.75, 3.05) is 5.75 Å². The molecule has 1 atom stereocenters. The van der Waals surface area contributed by atoms with E-state index in [2.05, 4.69) is 17.6 Å². The summed E-state index contributed by atoms with van der Waals surface area (Å²) in [5.74, 6) is 0.370. The van der Waals surface area contributed by atoms with Gasteiger partial charge in [0.15, 0.2) is 0 Å². The van der Waals surface area contributed by atoms with Crippen molar-refractivity contribution in [3.05, 3.63) is 24.4 Å². The maximum Gasteiger partial charge on any atom is 0.217 e. The van der Waals surface area contributed by atoms with E-state index < -0.39 is 6.04 Å². The van der Waals surface area contributed by atoms with E-state index in [1.165, 1.54) is 10.8 Å². The number of thiol groups is 1. The van der Waals surface area contributed by atoms with Crippen LogP contribution in [0.25, 0.3) is 0 Å². The van der Waals surface area contributed by atoms with E-state index in [4.69, 9.17) is 5.73 Å². The summed E-state index contributed by atoms with van der Waals surface area (Å²) in [6.07, 6.45) is 1.69. The second kappa shape index (κ2) is 6.34. The second-order valence-corrected chi connectivity index (χ2v) is 4.96. The van der Waals surface area contributed by atoms with Crippen molar-refractivity contribution in [3.8, 4) is 0 Å². The fraction of sp³-hybridized carbons (Fsp3) is 0.250. The minimum Gasteiger partial charge on any atom is -0.320 e. The first-order chi connectivity index (χ1) is 6.74. The first-order valence-corrected chi connectivity index (χ1v) is 6.68. The third-order valence-corrected chi connectivity index (χ3v) is 3.96. The van der Waals surface area contributed by atoms with Crippen LogP contribution >= 0.6 is 34.2 Å². The fourth-order valence-corrected chi connectivity index (χ4v) is 2.69. The van der Waals surface area contributed by atoms with Crippen LogP contribution in [-0.4, -0.2) is 21.9 Å². The Morgan fingerprint density at radius 1 is 1.64 bits per heavy atom. The molecule has 0 amide bonds. The lowest BCUT2D eigenvalue weighted by Gasteiger charge is -2.04. The molecule has 76 valence electrons. The molecule has 0 saturated heterocycles. The molecule has 14 heavy (non-hydrogen) atoms. The van der Waals surface area contributed by atoms with Gasteiger partial charge in [0.05, 0.1) is 6.04 Å². The maximum absolute atomic E-state index is 11.3. The Labute approximate surface area is 96.0 Å². The molecule has 3 nitrogen and oxygen atoms in total. The largest absolute Gasteiger partial charge is 0.320 e. The Kier molecular flexibility index (Phi) is 5.39. The van der Waals surface area contributed by atoms with Crippen LogP contribution in [0.5, 0.6) is 0 Å². The third-order valence-electron chi connectivity index (χ3n) is 1.35. The highest BCUT2D eigenvalue weighted by atomic mass is 33.1. The van der Waals surface area contributed by atoms with Crippen molar-refractivity contribution in [3.63, 3.8) is 0 Å². The van der Waals surface area contributed by atoms with E-state index >= 15 is 0 Å². The Hall–Kier alpha value is -0.170. The van der Waals surface area contributed by atoms with Gasteiger partial charge in [-0.3, -0.25) is 4.79 Å². The topological polar surface area (TPSA) is 56.0 Å². The van der Waals surface area contributed by atoms with Crippen LogP contribution in [0.15, 0.2) is 29.4 Å². The minimum atomic E-state index is -0.500. The van der Waals surface area contributed by atoms with Crippen LogP contribution in [0.1, 0.15) is 0 Å². The highest BCUT2D eigenvalue weighted by Crippen LogP contribution is 2.30. The summed E-state index contributed by atoms with van der Waals surface area (Å²) in [4.78, 5) is 15.4. The van der Waals surface area contributed by atoms with E-state index in [9.17, 15) is 4.79 Å². The molecule has 0 spiro atoms. The molecule has 0 fully saturated rings. The third kappa shape index (κ3) is 3.91. The molecule has 0 bridgehead atoms. The highest BCUT2D eigenvalue weighted by molar-refractivity contribution is 8.82. The Bertz CT molecular complexity index is 294. The summed E-state index contributed by atoms with van der Waals surface area (Å²) in [6, 6.07) is 5.05. The monoisotopic (exact) mass is 246 g/mol. The summed E-state index contributed by atoms with van der Waals surface area (Å²) in [6.45, 7) is 0. The summed E-state index contributed by atoms with van der Waals surface area (Å²) >= 11 is 3.95. The smallest absolute Gasteiger partial charge is 0.217 e. The van der Waals surface area contributed by atoms with Gasteiger partial charge in [-0.05, 0) is 33.7 Å². The summed E-state index contributed by atoms with van der Waals surface area (Å²) < 4.78 is 0. The average molecular weight is 246 g/mol. The number of hydrogen-bond acceptors (Lipinski definition) is 6. The molecule has 1 heterocycles. The molecule has 1 aromatic heterocycles. The number of carbonyl (C=O) groups is 1. The van der Waals surface area contributed by atoms with Gasteiger partial charge in [-0.15, -0.1) is 0 Å². The lowest BCUT2D eigenvalue weighted by atomic mass is 10.4. The fourth-order valence-electron chi connectivity index (χ4n) is 0.616. The van der Waals surface area contributed by atoms with Crippen LogP contribution in [0.4, 0.5) is 0 Å².